The summed E-state index contributed by atoms with van der Waals surface area (Å²) in [5, 5.41) is 3.94. The predicted octanol–water partition coefficient (Wildman–Crippen LogP) is 2.99. The van der Waals surface area contributed by atoms with Gasteiger partial charge in [-0.25, -0.2) is 4.90 Å². The van der Waals surface area contributed by atoms with Gasteiger partial charge in [0.05, 0.1) is 19.2 Å². The van der Waals surface area contributed by atoms with Crippen LogP contribution < -0.4 is 15.0 Å². The Morgan fingerprint density at radius 3 is 2.43 bits per heavy atom. The minimum Gasteiger partial charge on any atom is -0.497 e. The molecule has 0 saturated carbocycles. The Labute approximate surface area is 174 Å². The number of carbonyl (C=O) groups excluding carboxylic acids is 2. The summed E-state index contributed by atoms with van der Waals surface area (Å²) in [6.07, 6.45) is 0.0558. The van der Waals surface area contributed by atoms with Crippen LogP contribution in [-0.4, -0.2) is 42.0 Å². The van der Waals surface area contributed by atoms with Crippen LogP contribution >= 0.6 is 23.8 Å². The number of benzene rings is 2. The average Bonchev–Trinajstić information content (AvgIpc) is 3.01. The van der Waals surface area contributed by atoms with Crippen molar-refractivity contribution in [3.63, 3.8) is 0 Å². The zero-order valence-electron chi connectivity index (χ0n) is 15.5. The van der Waals surface area contributed by atoms with E-state index in [9.17, 15) is 9.59 Å². The van der Waals surface area contributed by atoms with Crippen LogP contribution in [0.1, 0.15) is 12.0 Å². The topological polar surface area (TPSA) is 61.9 Å². The molecule has 1 aliphatic heterocycles. The molecule has 2 amide bonds. The fraction of sp³-hybridized carbons (Fsp3) is 0.250. The first-order valence-electron chi connectivity index (χ1n) is 8.68. The molecule has 0 aliphatic carbocycles. The van der Waals surface area contributed by atoms with Crippen molar-refractivity contribution in [3.05, 3.63) is 59.1 Å². The molecule has 1 fully saturated rings. The van der Waals surface area contributed by atoms with Gasteiger partial charge in [0.15, 0.2) is 5.11 Å². The summed E-state index contributed by atoms with van der Waals surface area (Å²) >= 11 is 11.4. The minimum atomic E-state index is -0.676. The van der Waals surface area contributed by atoms with Gasteiger partial charge in [-0.05, 0) is 54.2 Å². The van der Waals surface area contributed by atoms with Crippen molar-refractivity contribution in [2.24, 2.45) is 0 Å². The monoisotopic (exact) mass is 417 g/mol. The van der Waals surface area contributed by atoms with Crippen molar-refractivity contribution in [1.82, 2.24) is 10.2 Å². The van der Waals surface area contributed by atoms with E-state index in [1.165, 1.54) is 4.90 Å². The summed E-state index contributed by atoms with van der Waals surface area (Å²) < 4.78 is 5.13. The van der Waals surface area contributed by atoms with Crippen molar-refractivity contribution in [2.75, 3.05) is 19.1 Å². The van der Waals surface area contributed by atoms with Crippen molar-refractivity contribution in [3.8, 4) is 5.75 Å². The van der Waals surface area contributed by atoms with E-state index in [4.69, 9.17) is 28.6 Å². The molecule has 146 valence electrons. The molecule has 6 nitrogen and oxygen atoms in total. The molecule has 1 heterocycles. The standard InChI is InChI=1S/C20H20ClN3O3S/c1-22-20(28)23(12-13-3-5-14(21)6-4-13)17-11-18(25)24(19(17)26)15-7-9-16(27-2)10-8-15/h3-10,17H,11-12H2,1-2H3,(H,22,28)/t17-/m1/s1. The largest absolute Gasteiger partial charge is 0.497 e. The molecule has 0 radical (unpaired) electrons. The summed E-state index contributed by atoms with van der Waals surface area (Å²) in [5.74, 6) is 0.0852. The number of anilines is 1. The lowest BCUT2D eigenvalue weighted by atomic mass is 10.1. The Balaban J connectivity index is 1.86. The predicted molar refractivity (Wildman–Crippen MR) is 113 cm³/mol. The van der Waals surface area contributed by atoms with Crippen molar-refractivity contribution in [1.29, 1.82) is 0 Å². The number of amides is 2. The molecule has 2 aromatic rings. The molecule has 1 N–H and O–H groups in total. The number of hydrogen-bond donors (Lipinski definition) is 1. The fourth-order valence-corrected chi connectivity index (χ4v) is 3.43. The van der Waals surface area contributed by atoms with Crippen molar-refractivity contribution in [2.45, 2.75) is 19.0 Å². The third-order valence-corrected chi connectivity index (χ3v) is 5.26. The Morgan fingerprint density at radius 2 is 1.86 bits per heavy atom. The molecule has 0 bridgehead atoms. The van der Waals surface area contributed by atoms with Crippen LogP contribution in [0.2, 0.25) is 5.02 Å². The number of carbonyl (C=O) groups is 2. The molecule has 3 rings (SSSR count). The first-order valence-corrected chi connectivity index (χ1v) is 9.47. The Bertz CT molecular complexity index is 887. The van der Waals surface area contributed by atoms with Gasteiger partial charge in [0.2, 0.25) is 5.91 Å². The molecular formula is C20H20ClN3O3S. The van der Waals surface area contributed by atoms with Gasteiger partial charge in [-0.1, -0.05) is 23.7 Å². The second kappa shape index (κ2) is 8.58. The molecule has 2 aromatic carbocycles. The molecule has 1 atom stereocenters. The molecular weight excluding hydrogens is 398 g/mol. The zero-order chi connectivity index (χ0) is 20.3. The van der Waals surface area contributed by atoms with Crippen LogP contribution in [0, 0.1) is 0 Å². The number of rotatable bonds is 5. The summed E-state index contributed by atoms with van der Waals surface area (Å²) in [5.41, 5.74) is 1.45. The second-order valence-electron chi connectivity index (χ2n) is 6.29. The first-order chi connectivity index (χ1) is 13.4. The number of nitrogens with zero attached hydrogens (tertiary/aromatic N) is 2. The van der Waals surface area contributed by atoms with Crippen LogP contribution in [0.25, 0.3) is 0 Å². The Hall–Kier alpha value is -2.64. The van der Waals surface area contributed by atoms with Gasteiger partial charge in [0, 0.05) is 18.6 Å². The van der Waals surface area contributed by atoms with Crippen LogP contribution in [-0.2, 0) is 16.1 Å². The van der Waals surface area contributed by atoms with Gasteiger partial charge >= 0.3 is 0 Å². The van der Waals surface area contributed by atoms with E-state index in [1.54, 1.807) is 55.5 Å². The number of methoxy groups -OCH3 is 1. The molecule has 1 saturated heterocycles. The Kier molecular flexibility index (Phi) is 6.16. The fourth-order valence-electron chi connectivity index (χ4n) is 3.12. The summed E-state index contributed by atoms with van der Waals surface area (Å²) in [4.78, 5) is 28.7. The van der Waals surface area contributed by atoms with Crippen LogP contribution in [0.5, 0.6) is 5.75 Å². The van der Waals surface area contributed by atoms with Gasteiger partial charge in [-0.15, -0.1) is 0 Å². The maximum Gasteiger partial charge on any atom is 0.257 e. The third kappa shape index (κ3) is 4.10. The number of nitrogens with one attached hydrogen (secondary N) is 1. The van der Waals surface area contributed by atoms with E-state index in [2.05, 4.69) is 5.32 Å². The highest BCUT2D eigenvalue weighted by atomic mass is 35.5. The highest BCUT2D eigenvalue weighted by Crippen LogP contribution is 2.28. The summed E-state index contributed by atoms with van der Waals surface area (Å²) in [6.45, 7) is 0.386. The molecule has 1 aliphatic rings. The molecule has 8 heteroatoms. The van der Waals surface area contributed by atoms with Gasteiger partial charge < -0.3 is 15.0 Å². The average molecular weight is 418 g/mol. The maximum atomic E-state index is 13.1. The van der Waals surface area contributed by atoms with E-state index in [-0.39, 0.29) is 18.2 Å². The Morgan fingerprint density at radius 1 is 1.21 bits per heavy atom. The number of halogens is 1. The molecule has 0 spiro atoms. The second-order valence-corrected chi connectivity index (χ2v) is 7.12. The number of ether oxygens (including phenoxy) is 1. The summed E-state index contributed by atoms with van der Waals surface area (Å²) in [7, 11) is 3.25. The lowest BCUT2D eigenvalue weighted by Gasteiger charge is -2.29. The van der Waals surface area contributed by atoms with E-state index < -0.39 is 6.04 Å². The number of hydrogen-bond acceptors (Lipinski definition) is 4. The quantitative estimate of drug-likeness (QED) is 0.596. The SMILES string of the molecule is CNC(=S)N(Cc1ccc(Cl)cc1)[C@@H]1CC(=O)N(c2ccc(OC)cc2)C1=O. The van der Waals surface area contributed by atoms with E-state index >= 15 is 0 Å². The van der Waals surface area contributed by atoms with Crippen LogP contribution in [0.15, 0.2) is 48.5 Å². The zero-order valence-corrected chi connectivity index (χ0v) is 17.1. The highest BCUT2D eigenvalue weighted by molar-refractivity contribution is 7.80. The highest BCUT2D eigenvalue weighted by Gasteiger charge is 2.43. The van der Waals surface area contributed by atoms with Crippen LogP contribution in [0.4, 0.5) is 5.69 Å². The van der Waals surface area contributed by atoms with Crippen LogP contribution in [0.3, 0.4) is 0 Å². The van der Waals surface area contributed by atoms with Gasteiger partial charge in [0.1, 0.15) is 11.8 Å². The smallest absolute Gasteiger partial charge is 0.257 e. The third-order valence-electron chi connectivity index (χ3n) is 4.57. The minimum absolute atomic E-state index is 0.0558. The molecule has 28 heavy (non-hydrogen) atoms. The van der Waals surface area contributed by atoms with Gasteiger partial charge in [0.25, 0.3) is 5.91 Å². The summed E-state index contributed by atoms with van der Waals surface area (Å²) in [6, 6.07) is 13.4. The normalized spacial score (nSPS) is 16.2. The lowest BCUT2D eigenvalue weighted by Crippen LogP contribution is -2.48. The van der Waals surface area contributed by atoms with Crippen molar-refractivity contribution < 1.29 is 14.3 Å². The van der Waals surface area contributed by atoms with E-state index in [0.29, 0.717) is 28.1 Å². The van der Waals surface area contributed by atoms with Gasteiger partial charge in [-0.2, -0.15) is 0 Å². The maximum absolute atomic E-state index is 13.1. The van der Waals surface area contributed by atoms with Crippen molar-refractivity contribution >= 4 is 46.4 Å². The van der Waals surface area contributed by atoms with E-state index in [1.807, 2.05) is 12.1 Å². The van der Waals surface area contributed by atoms with Gasteiger partial charge in [-0.3, -0.25) is 9.59 Å². The molecule has 0 aromatic heterocycles. The number of imide groups is 1. The first kappa shape index (κ1) is 20.1. The lowest BCUT2D eigenvalue weighted by molar-refractivity contribution is -0.122. The van der Waals surface area contributed by atoms with E-state index in [0.717, 1.165) is 5.56 Å². The number of thiocarbonyl (C=S) groups is 1. The molecule has 0 unspecified atom stereocenters.